The minimum Gasteiger partial charge on any atom is -0.486 e. The number of ether oxygens (including phenoxy) is 3. The fourth-order valence-electron chi connectivity index (χ4n) is 3.45. The van der Waals surface area contributed by atoms with E-state index in [0.717, 1.165) is 25.7 Å². The molecule has 1 fully saturated rings. The van der Waals surface area contributed by atoms with E-state index in [1.807, 2.05) is 19.1 Å². The monoisotopic (exact) mass is 425 g/mol. The molecule has 0 aromatic heterocycles. The van der Waals surface area contributed by atoms with Gasteiger partial charge in [-0.1, -0.05) is 30.5 Å². The lowest BCUT2D eigenvalue weighted by Gasteiger charge is -2.30. The number of rotatable bonds is 7. The first kappa shape index (κ1) is 23.3. The molecule has 1 aromatic carbocycles. The molecule has 1 amide bonds. The van der Waals surface area contributed by atoms with Gasteiger partial charge in [-0.2, -0.15) is 0 Å². The van der Waals surface area contributed by atoms with Crippen molar-refractivity contribution >= 4 is 23.7 Å². The van der Waals surface area contributed by atoms with E-state index in [1.165, 1.54) is 0 Å². The van der Waals surface area contributed by atoms with Crippen LogP contribution in [0, 0.1) is 5.92 Å². The molecule has 1 aliphatic rings. The predicted molar refractivity (Wildman–Crippen MR) is 112 cm³/mol. The highest BCUT2D eigenvalue weighted by molar-refractivity contribution is 6.30. The highest BCUT2D eigenvalue weighted by Gasteiger charge is 2.34. The van der Waals surface area contributed by atoms with Gasteiger partial charge < -0.3 is 19.5 Å². The summed E-state index contributed by atoms with van der Waals surface area (Å²) in [5, 5.41) is 3.10. The summed E-state index contributed by atoms with van der Waals surface area (Å²) in [5.74, 6) is 0.421. The molecule has 0 heterocycles. The van der Waals surface area contributed by atoms with E-state index in [9.17, 15) is 9.59 Å². The Morgan fingerprint density at radius 1 is 1.17 bits per heavy atom. The molecule has 0 saturated heterocycles. The molecule has 0 radical (unpaired) electrons. The van der Waals surface area contributed by atoms with Crippen molar-refractivity contribution in [2.75, 3.05) is 0 Å². The van der Waals surface area contributed by atoms with Crippen molar-refractivity contribution in [2.24, 2.45) is 5.92 Å². The van der Waals surface area contributed by atoms with Gasteiger partial charge in [0.25, 0.3) is 0 Å². The van der Waals surface area contributed by atoms with Crippen molar-refractivity contribution in [1.82, 2.24) is 5.32 Å². The summed E-state index contributed by atoms with van der Waals surface area (Å²) >= 11 is 6.07. The van der Waals surface area contributed by atoms with Crippen molar-refractivity contribution in [3.8, 4) is 5.75 Å². The van der Waals surface area contributed by atoms with Crippen LogP contribution in [0.5, 0.6) is 5.75 Å². The molecule has 162 valence electrons. The van der Waals surface area contributed by atoms with Crippen LogP contribution in [0.2, 0.25) is 5.02 Å². The number of esters is 1. The lowest BCUT2D eigenvalue weighted by molar-refractivity contribution is -0.156. The van der Waals surface area contributed by atoms with Crippen LogP contribution in [-0.4, -0.2) is 35.9 Å². The van der Waals surface area contributed by atoms with Crippen LogP contribution in [0.1, 0.15) is 60.3 Å². The van der Waals surface area contributed by atoms with E-state index in [0.29, 0.717) is 16.7 Å². The number of nitrogens with one attached hydrogen (secondary N) is 1. The highest BCUT2D eigenvalue weighted by atomic mass is 35.5. The lowest BCUT2D eigenvalue weighted by Crippen LogP contribution is -2.46. The highest BCUT2D eigenvalue weighted by Crippen LogP contribution is 2.33. The van der Waals surface area contributed by atoms with Crippen LogP contribution in [-0.2, 0) is 14.3 Å². The average Bonchev–Trinajstić information content (AvgIpc) is 3.12. The molecule has 2 rings (SSSR count). The zero-order chi connectivity index (χ0) is 21.6. The standard InChI is InChI=1S/C22H32ClNO5/c1-14(24-21(26)29-22(3,4)5)20(25)27-15(2)19(16-9-6-7-10-16)28-18-12-8-11-17(23)13-18/h8,11-16,19H,6-7,9-10H2,1-5H3,(H,24,26)/t14-,15-,19-/m0/s1. The zero-order valence-electron chi connectivity index (χ0n) is 17.9. The quantitative estimate of drug-likeness (QED) is 0.613. The van der Waals surface area contributed by atoms with Crippen molar-refractivity contribution in [1.29, 1.82) is 0 Å². The fraction of sp³-hybridized carbons (Fsp3) is 0.636. The summed E-state index contributed by atoms with van der Waals surface area (Å²) in [4.78, 5) is 24.4. The molecule has 3 atom stereocenters. The number of halogens is 1. The Morgan fingerprint density at radius 3 is 2.41 bits per heavy atom. The van der Waals surface area contributed by atoms with Crippen molar-refractivity contribution in [2.45, 2.75) is 84.2 Å². The van der Waals surface area contributed by atoms with Gasteiger partial charge in [-0.15, -0.1) is 0 Å². The van der Waals surface area contributed by atoms with Crippen molar-refractivity contribution in [3.05, 3.63) is 29.3 Å². The maximum atomic E-state index is 12.5. The molecule has 1 saturated carbocycles. The second-order valence-electron chi connectivity index (χ2n) is 8.59. The van der Waals surface area contributed by atoms with E-state index in [2.05, 4.69) is 5.32 Å². The topological polar surface area (TPSA) is 73.9 Å². The Kier molecular flexibility index (Phi) is 8.20. The van der Waals surface area contributed by atoms with Gasteiger partial charge >= 0.3 is 12.1 Å². The first-order valence-electron chi connectivity index (χ1n) is 10.2. The van der Waals surface area contributed by atoms with Crippen LogP contribution < -0.4 is 10.1 Å². The first-order valence-corrected chi connectivity index (χ1v) is 10.5. The molecule has 1 N–H and O–H groups in total. The Morgan fingerprint density at radius 2 is 1.83 bits per heavy atom. The molecule has 0 aliphatic heterocycles. The number of alkyl carbamates (subject to hydrolysis) is 1. The molecule has 0 unspecified atom stereocenters. The first-order chi connectivity index (χ1) is 13.5. The summed E-state index contributed by atoms with van der Waals surface area (Å²) in [5.41, 5.74) is -0.640. The van der Waals surface area contributed by atoms with Crippen molar-refractivity contribution in [3.63, 3.8) is 0 Å². The normalized spacial score (nSPS) is 17.9. The predicted octanol–water partition coefficient (Wildman–Crippen LogP) is 5.12. The largest absolute Gasteiger partial charge is 0.486 e. The minimum atomic E-state index is -0.831. The fourth-order valence-corrected chi connectivity index (χ4v) is 3.63. The molecule has 0 spiro atoms. The molecule has 1 aromatic rings. The molecular formula is C22H32ClNO5. The van der Waals surface area contributed by atoms with Crippen LogP contribution >= 0.6 is 11.6 Å². The number of hydrogen-bond donors (Lipinski definition) is 1. The number of carbonyl (C=O) groups excluding carboxylic acids is 2. The Hall–Kier alpha value is -1.95. The van der Waals surface area contributed by atoms with Gasteiger partial charge in [0.1, 0.15) is 29.6 Å². The lowest BCUT2D eigenvalue weighted by atomic mass is 9.96. The van der Waals surface area contributed by atoms with Crippen LogP contribution in [0.4, 0.5) is 4.79 Å². The molecule has 1 aliphatic carbocycles. The summed E-state index contributed by atoms with van der Waals surface area (Å²) in [6, 6.07) is 6.38. The Labute approximate surface area is 178 Å². The van der Waals surface area contributed by atoms with E-state index in [4.69, 9.17) is 25.8 Å². The molecule has 6 nitrogen and oxygen atoms in total. The van der Waals surface area contributed by atoms with Gasteiger partial charge in [0.15, 0.2) is 0 Å². The maximum Gasteiger partial charge on any atom is 0.408 e. The molecule has 0 bridgehead atoms. The third-order valence-electron chi connectivity index (χ3n) is 4.78. The van der Waals surface area contributed by atoms with Crippen molar-refractivity contribution < 1.29 is 23.8 Å². The maximum absolute atomic E-state index is 12.5. The summed E-state index contributed by atoms with van der Waals surface area (Å²) in [6.45, 7) is 8.68. The van der Waals surface area contributed by atoms with Gasteiger partial charge in [0, 0.05) is 5.02 Å². The van der Waals surface area contributed by atoms with E-state index in [1.54, 1.807) is 39.8 Å². The molecular weight excluding hydrogens is 394 g/mol. The third kappa shape index (κ3) is 7.77. The summed E-state index contributed by atoms with van der Waals surface area (Å²) in [7, 11) is 0. The molecule has 7 heteroatoms. The third-order valence-corrected chi connectivity index (χ3v) is 5.02. The van der Waals surface area contributed by atoms with E-state index in [-0.39, 0.29) is 6.10 Å². The Bertz CT molecular complexity index is 697. The minimum absolute atomic E-state index is 0.284. The summed E-state index contributed by atoms with van der Waals surface area (Å²) in [6.07, 6.45) is 2.91. The van der Waals surface area contributed by atoms with Gasteiger partial charge in [0.05, 0.1) is 0 Å². The second-order valence-corrected chi connectivity index (χ2v) is 9.03. The molecule has 29 heavy (non-hydrogen) atoms. The second kappa shape index (κ2) is 10.2. The Balaban J connectivity index is 1.99. The number of hydrogen-bond acceptors (Lipinski definition) is 5. The van der Waals surface area contributed by atoms with Gasteiger partial charge in [-0.25, -0.2) is 9.59 Å². The number of benzene rings is 1. The zero-order valence-corrected chi connectivity index (χ0v) is 18.6. The van der Waals surface area contributed by atoms with E-state index < -0.39 is 29.8 Å². The van der Waals surface area contributed by atoms with Crippen LogP contribution in [0.3, 0.4) is 0 Å². The van der Waals surface area contributed by atoms with Gasteiger partial charge in [-0.05, 0) is 71.6 Å². The summed E-state index contributed by atoms with van der Waals surface area (Å²) < 4.78 is 17.0. The van der Waals surface area contributed by atoms with Gasteiger partial charge in [-0.3, -0.25) is 0 Å². The van der Waals surface area contributed by atoms with Gasteiger partial charge in [0.2, 0.25) is 0 Å². The SMILES string of the molecule is C[C@H](NC(=O)OC(C)(C)C)C(=O)O[C@@H](C)[C@H](Oc1cccc(Cl)c1)C1CCCC1. The van der Waals surface area contributed by atoms with E-state index >= 15 is 0 Å². The van der Waals surface area contributed by atoms with Crippen LogP contribution in [0.25, 0.3) is 0 Å². The average molecular weight is 426 g/mol. The van der Waals surface area contributed by atoms with Crippen LogP contribution in [0.15, 0.2) is 24.3 Å². The number of carbonyl (C=O) groups is 2. The smallest absolute Gasteiger partial charge is 0.408 e. The number of amides is 1.